The first-order chi connectivity index (χ1) is 6.76. The van der Waals surface area contributed by atoms with Gasteiger partial charge in [0.2, 0.25) is 0 Å². The van der Waals surface area contributed by atoms with E-state index in [1.54, 1.807) is 6.92 Å². The lowest BCUT2D eigenvalue weighted by atomic mass is 10.2. The Balaban J connectivity index is 4.30. The zero-order valence-electron chi connectivity index (χ0n) is 8.51. The topological polar surface area (TPSA) is 73.3 Å². The van der Waals surface area contributed by atoms with Crippen LogP contribution in [0, 0.1) is 5.41 Å². The van der Waals surface area contributed by atoms with E-state index in [4.69, 9.17) is 16.2 Å². The minimum Gasteiger partial charge on any atom is -0.395 e. The van der Waals surface area contributed by atoms with Gasteiger partial charge in [-0.2, -0.15) is 13.2 Å². The molecule has 90 valence electrons. The molecule has 0 spiro atoms. The Labute approximate surface area is 86.4 Å². The van der Waals surface area contributed by atoms with Crippen molar-refractivity contribution in [3.05, 3.63) is 0 Å². The lowest BCUT2D eigenvalue weighted by Gasteiger charge is -2.28. The summed E-state index contributed by atoms with van der Waals surface area (Å²) in [7, 11) is 0. The molecule has 0 aliphatic heterocycles. The lowest BCUT2D eigenvalue weighted by Crippen LogP contribution is -2.43. The fourth-order valence-electron chi connectivity index (χ4n) is 1.26. The number of halogens is 3. The molecule has 0 aromatic heterocycles. The molecule has 1 atom stereocenters. The van der Waals surface area contributed by atoms with Crippen LogP contribution in [0.5, 0.6) is 0 Å². The monoisotopic (exact) mass is 227 g/mol. The van der Waals surface area contributed by atoms with Crippen LogP contribution in [0.25, 0.3) is 0 Å². The Hall–Kier alpha value is -0.820. The van der Waals surface area contributed by atoms with E-state index in [-0.39, 0.29) is 25.4 Å². The molecule has 0 saturated heterocycles. The summed E-state index contributed by atoms with van der Waals surface area (Å²) in [5.74, 6) is -0.160. The Bertz CT molecular complexity index is 208. The highest BCUT2D eigenvalue weighted by Crippen LogP contribution is 2.18. The molecule has 0 saturated carbocycles. The minimum atomic E-state index is -4.31. The van der Waals surface area contributed by atoms with Crippen LogP contribution in [0.15, 0.2) is 0 Å². The molecule has 0 rings (SSSR count). The van der Waals surface area contributed by atoms with Crippen molar-refractivity contribution in [2.24, 2.45) is 5.73 Å². The number of nitrogens with two attached hydrogens (primary N) is 1. The Morgan fingerprint density at radius 3 is 2.40 bits per heavy atom. The van der Waals surface area contributed by atoms with Crippen molar-refractivity contribution in [1.82, 2.24) is 4.90 Å². The molecule has 0 heterocycles. The van der Waals surface area contributed by atoms with E-state index in [9.17, 15) is 13.2 Å². The summed E-state index contributed by atoms with van der Waals surface area (Å²) in [6.45, 7) is 0.0249. The molecule has 0 aromatic rings. The van der Waals surface area contributed by atoms with E-state index in [2.05, 4.69) is 0 Å². The highest BCUT2D eigenvalue weighted by atomic mass is 19.4. The van der Waals surface area contributed by atoms with E-state index in [0.29, 0.717) is 0 Å². The van der Waals surface area contributed by atoms with E-state index >= 15 is 0 Å². The third-order valence-corrected chi connectivity index (χ3v) is 1.91. The van der Waals surface area contributed by atoms with Gasteiger partial charge in [-0.15, -0.1) is 0 Å². The van der Waals surface area contributed by atoms with Crippen LogP contribution >= 0.6 is 0 Å². The first kappa shape index (κ1) is 14.2. The number of hydrogen-bond donors (Lipinski definition) is 3. The zero-order valence-corrected chi connectivity index (χ0v) is 8.51. The molecule has 4 nitrogen and oxygen atoms in total. The molecule has 0 fully saturated rings. The smallest absolute Gasteiger partial charge is 0.395 e. The fraction of sp³-hybridized carbons (Fsp3) is 0.875. The first-order valence-corrected chi connectivity index (χ1v) is 4.51. The second kappa shape index (κ2) is 5.92. The molecular formula is C8H16F3N3O. The van der Waals surface area contributed by atoms with Gasteiger partial charge in [-0.3, -0.25) is 10.3 Å². The van der Waals surface area contributed by atoms with E-state index < -0.39 is 18.8 Å². The maximum atomic E-state index is 12.1. The Morgan fingerprint density at radius 2 is 2.07 bits per heavy atom. The van der Waals surface area contributed by atoms with Crippen molar-refractivity contribution in [3.63, 3.8) is 0 Å². The van der Waals surface area contributed by atoms with Gasteiger partial charge in [0.25, 0.3) is 0 Å². The number of aliphatic hydroxyl groups excluding tert-OH is 1. The maximum absolute atomic E-state index is 12.1. The van der Waals surface area contributed by atoms with Gasteiger partial charge in [-0.05, 0) is 6.92 Å². The number of rotatable bonds is 6. The summed E-state index contributed by atoms with van der Waals surface area (Å²) in [6.07, 6.45) is -4.24. The van der Waals surface area contributed by atoms with Gasteiger partial charge in [0.15, 0.2) is 0 Å². The van der Waals surface area contributed by atoms with Crippen molar-refractivity contribution in [2.75, 3.05) is 19.7 Å². The third-order valence-electron chi connectivity index (χ3n) is 1.91. The summed E-state index contributed by atoms with van der Waals surface area (Å²) >= 11 is 0. The van der Waals surface area contributed by atoms with Crippen LogP contribution < -0.4 is 5.73 Å². The van der Waals surface area contributed by atoms with Gasteiger partial charge in [0.1, 0.15) is 0 Å². The molecular weight excluding hydrogens is 211 g/mol. The van der Waals surface area contributed by atoms with Gasteiger partial charge < -0.3 is 10.8 Å². The van der Waals surface area contributed by atoms with Crippen molar-refractivity contribution < 1.29 is 18.3 Å². The molecule has 15 heavy (non-hydrogen) atoms. The number of alkyl halides is 3. The summed E-state index contributed by atoms with van der Waals surface area (Å²) in [5, 5.41) is 15.6. The van der Waals surface area contributed by atoms with Gasteiger partial charge in [0, 0.05) is 19.0 Å². The van der Waals surface area contributed by atoms with Crippen molar-refractivity contribution in [2.45, 2.75) is 25.6 Å². The van der Waals surface area contributed by atoms with Crippen LogP contribution in [0.4, 0.5) is 13.2 Å². The highest BCUT2D eigenvalue weighted by molar-refractivity contribution is 5.77. The van der Waals surface area contributed by atoms with Gasteiger partial charge in [-0.25, -0.2) is 0 Å². The van der Waals surface area contributed by atoms with Gasteiger partial charge >= 0.3 is 6.18 Å². The second-order valence-electron chi connectivity index (χ2n) is 3.39. The number of nitrogens with one attached hydrogen (secondary N) is 1. The molecule has 0 aromatic carbocycles. The van der Waals surface area contributed by atoms with Crippen LogP contribution in [0.2, 0.25) is 0 Å². The minimum absolute atomic E-state index is 0.0656. The van der Waals surface area contributed by atoms with Crippen LogP contribution in [0.3, 0.4) is 0 Å². The molecule has 1 unspecified atom stereocenters. The molecule has 4 N–H and O–H groups in total. The van der Waals surface area contributed by atoms with Crippen LogP contribution in [-0.2, 0) is 0 Å². The van der Waals surface area contributed by atoms with E-state index in [1.165, 1.54) is 0 Å². The normalized spacial score (nSPS) is 14.3. The molecule has 0 radical (unpaired) electrons. The molecule has 7 heteroatoms. The molecule has 0 amide bonds. The van der Waals surface area contributed by atoms with Crippen LogP contribution in [-0.4, -0.2) is 47.8 Å². The second-order valence-corrected chi connectivity index (χ2v) is 3.39. The van der Waals surface area contributed by atoms with Crippen molar-refractivity contribution >= 4 is 5.84 Å². The predicted molar refractivity (Wildman–Crippen MR) is 50.7 cm³/mol. The number of nitrogens with zero attached hydrogens (tertiary/aromatic N) is 1. The maximum Gasteiger partial charge on any atom is 0.401 e. The van der Waals surface area contributed by atoms with E-state index in [1.807, 2.05) is 0 Å². The number of amidine groups is 1. The standard InChI is InChI=1S/C8H16F3N3O/c1-6(4-7(12)13)14(2-3-15)5-8(9,10)11/h6,15H,2-5H2,1H3,(H3,12,13). The van der Waals surface area contributed by atoms with Crippen LogP contribution in [0.1, 0.15) is 13.3 Å². The third kappa shape index (κ3) is 7.15. The quantitative estimate of drug-likeness (QED) is 0.458. The zero-order chi connectivity index (χ0) is 12.1. The number of hydrogen-bond acceptors (Lipinski definition) is 3. The fourth-order valence-corrected chi connectivity index (χ4v) is 1.26. The molecule has 0 aliphatic rings. The summed E-state index contributed by atoms with van der Waals surface area (Å²) < 4.78 is 36.4. The summed E-state index contributed by atoms with van der Waals surface area (Å²) in [4.78, 5) is 1.06. The predicted octanol–water partition coefficient (Wildman–Crippen LogP) is 0.558. The number of aliphatic hydroxyl groups is 1. The van der Waals surface area contributed by atoms with Crippen molar-refractivity contribution in [1.29, 1.82) is 5.41 Å². The average Bonchev–Trinajstić information content (AvgIpc) is 1.99. The lowest BCUT2D eigenvalue weighted by molar-refractivity contribution is -0.150. The van der Waals surface area contributed by atoms with Gasteiger partial charge in [-0.1, -0.05) is 0 Å². The SMILES string of the molecule is CC(CC(=N)N)N(CCO)CC(F)(F)F. The average molecular weight is 227 g/mol. The summed E-state index contributed by atoms with van der Waals surface area (Å²) in [6, 6.07) is -0.503. The Morgan fingerprint density at radius 1 is 1.53 bits per heavy atom. The largest absolute Gasteiger partial charge is 0.401 e. The molecule has 0 aliphatic carbocycles. The summed E-state index contributed by atoms with van der Waals surface area (Å²) in [5.41, 5.74) is 5.10. The van der Waals surface area contributed by atoms with Crippen molar-refractivity contribution in [3.8, 4) is 0 Å². The van der Waals surface area contributed by atoms with E-state index in [0.717, 1.165) is 4.90 Å². The van der Waals surface area contributed by atoms with Gasteiger partial charge in [0.05, 0.1) is 19.0 Å². The highest BCUT2D eigenvalue weighted by Gasteiger charge is 2.32. The molecule has 0 bridgehead atoms. The Kier molecular flexibility index (Phi) is 5.59. The first-order valence-electron chi connectivity index (χ1n) is 4.51.